The summed E-state index contributed by atoms with van der Waals surface area (Å²) in [6.07, 6.45) is 5.29. The van der Waals surface area contributed by atoms with Crippen molar-refractivity contribution in [3.63, 3.8) is 0 Å². The quantitative estimate of drug-likeness (QED) is 0.688. The molecule has 2 fully saturated rings. The maximum atomic E-state index is 12.6. The summed E-state index contributed by atoms with van der Waals surface area (Å²) in [5, 5.41) is 11.2. The molecule has 2 saturated heterocycles. The first-order valence-electron chi connectivity index (χ1n) is 10.9. The Kier molecular flexibility index (Phi) is 6.02. The molecule has 30 heavy (non-hydrogen) atoms. The number of hydrogen-bond donors (Lipinski definition) is 3. The summed E-state index contributed by atoms with van der Waals surface area (Å²) in [6.45, 7) is 0.673. The molecule has 0 radical (unpaired) electrons. The van der Waals surface area contributed by atoms with Crippen LogP contribution in [0, 0.1) is 0 Å². The maximum absolute atomic E-state index is 12.6. The van der Waals surface area contributed by atoms with E-state index in [1.54, 1.807) is 0 Å². The fourth-order valence-corrected chi connectivity index (χ4v) is 4.62. The zero-order valence-electron chi connectivity index (χ0n) is 17.2. The fraction of sp³-hybridized carbons (Fsp3) is 0.458. The molecule has 1 unspecified atom stereocenters. The first-order valence-corrected chi connectivity index (χ1v) is 10.9. The van der Waals surface area contributed by atoms with Crippen molar-refractivity contribution in [2.45, 2.75) is 62.9 Å². The maximum Gasteiger partial charge on any atom is 0.242 e. The SMILES string of the molecule is O=C(CCC1(Cc2ccc3ccccc3c2)CCC(=O)N1)N[C@H]1CCCCNC1=O. The van der Waals surface area contributed by atoms with Crippen LogP contribution in [0.4, 0.5) is 0 Å². The lowest BCUT2D eigenvalue weighted by Crippen LogP contribution is -2.47. The van der Waals surface area contributed by atoms with Crippen LogP contribution < -0.4 is 16.0 Å². The molecule has 3 amide bonds. The summed E-state index contributed by atoms with van der Waals surface area (Å²) >= 11 is 0. The van der Waals surface area contributed by atoms with E-state index in [-0.39, 0.29) is 24.1 Å². The van der Waals surface area contributed by atoms with Crippen LogP contribution in [0.1, 0.15) is 50.5 Å². The summed E-state index contributed by atoms with van der Waals surface area (Å²) in [5.41, 5.74) is 0.738. The number of rotatable bonds is 6. The first-order chi connectivity index (χ1) is 14.5. The molecule has 2 atom stereocenters. The second kappa shape index (κ2) is 8.86. The molecule has 2 aliphatic heterocycles. The zero-order chi connectivity index (χ0) is 21.0. The van der Waals surface area contributed by atoms with E-state index in [0.717, 1.165) is 24.8 Å². The third kappa shape index (κ3) is 4.81. The Morgan fingerprint density at radius 2 is 1.93 bits per heavy atom. The van der Waals surface area contributed by atoms with Crippen molar-refractivity contribution in [2.24, 2.45) is 0 Å². The van der Waals surface area contributed by atoms with E-state index >= 15 is 0 Å². The van der Waals surface area contributed by atoms with Gasteiger partial charge in [-0.2, -0.15) is 0 Å². The third-order valence-electron chi connectivity index (χ3n) is 6.29. The lowest BCUT2D eigenvalue weighted by atomic mass is 9.84. The smallest absolute Gasteiger partial charge is 0.242 e. The predicted molar refractivity (Wildman–Crippen MR) is 116 cm³/mol. The number of amides is 3. The molecule has 2 aromatic rings. The number of nitrogens with one attached hydrogen (secondary N) is 3. The molecule has 0 aromatic heterocycles. The highest BCUT2D eigenvalue weighted by Crippen LogP contribution is 2.30. The lowest BCUT2D eigenvalue weighted by Gasteiger charge is -2.30. The molecule has 0 saturated carbocycles. The molecule has 2 aliphatic rings. The molecule has 4 rings (SSSR count). The van der Waals surface area contributed by atoms with Crippen molar-refractivity contribution < 1.29 is 14.4 Å². The van der Waals surface area contributed by atoms with Gasteiger partial charge in [-0.05, 0) is 54.9 Å². The summed E-state index contributed by atoms with van der Waals surface area (Å²) in [5.74, 6) is -0.184. The van der Waals surface area contributed by atoms with Crippen molar-refractivity contribution in [2.75, 3.05) is 6.54 Å². The average molecular weight is 408 g/mol. The van der Waals surface area contributed by atoms with Gasteiger partial charge in [-0.1, -0.05) is 42.5 Å². The van der Waals surface area contributed by atoms with E-state index in [4.69, 9.17) is 0 Å². The lowest BCUT2D eigenvalue weighted by molar-refractivity contribution is -0.129. The minimum Gasteiger partial charge on any atom is -0.354 e. The molecular weight excluding hydrogens is 378 g/mol. The molecule has 6 heteroatoms. The zero-order valence-corrected chi connectivity index (χ0v) is 17.2. The highest BCUT2D eigenvalue weighted by atomic mass is 16.2. The van der Waals surface area contributed by atoms with Crippen molar-refractivity contribution in [1.29, 1.82) is 0 Å². The summed E-state index contributed by atoms with van der Waals surface area (Å²) in [6, 6.07) is 14.1. The Balaban J connectivity index is 1.42. The molecule has 2 heterocycles. The molecule has 6 nitrogen and oxygen atoms in total. The van der Waals surface area contributed by atoms with Gasteiger partial charge >= 0.3 is 0 Å². The monoisotopic (exact) mass is 407 g/mol. The predicted octanol–water partition coefficient (Wildman–Crippen LogP) is 2.60. The molecule has 3 N–H and O–H groups in total. The minimum absolute atomic E-state index is 0.0411. The van der Waals surface area contributed by atoms with E-state index in [1.165, 1.54) is 10.8 Å². The van der Waals surface area contributed by atoms with Gasteiger partial charge < -0.3 is 16.0 Å². The highest BCUT2D eigenvalue weighted by Gasteiger charge is 2.38. The number of fused-ring (bicyclic) bond motifs is 1. The normalized spacial score (nSPS) is 24.2. The summed E-state index contributed by atoms with van der Waals surface area (Å²) < 4.78 is 0. The Labute approximate surface area is 176 Å². The van der Waals surface area contributed by atoms with Crippen LogP contribution in [0.15, 0.2) is 42.5 Å². The Bertz CT molecular complexity index is 958. The van der Waals surface area contributed by atoms with E-state index in [9.17, 15) is 14.4 Å². The van der Waals surface area contributed by atoms with E-state index in [2.05, 4.69) is 46.3 Å². The van der Waals surface area contributed by atoms with Gasteiger partial charge in [-0.3, -0.25) is 14.4 Å². The summed E-state index contributed by atoms with van der Waals surface area (Å²) in [7, 11) is 0. The number of hydrogen-bond acceptors (Lipinski definition) is 3. The molecule has 0 aliphatic carbocycles. The highest BCUT2D eigenvalue weighted by molar-refractivity contribution is 5.88. The second-order valence-corrected chi connectivity index (χ2v) is 8.59. The minimum atomic E-state index is -0.449. The van der Waals surface area contributed by atoms with Crippen molar-refractivity contribution in [3.8, 4) is 0 Å². The van der Waals surface area contributed by atoms with E-state index in [0.29, 0.717) is 32.2 Å². The number of benzene rings is 2. The molecule has 158 valence electrons. The van der Waals surface area contributed by atoms with Gasteiger partial charge in [0, 0.05) is 24.9 Å². The Morgan fingerprint density at radius 1 is 1.10 bits per heavy atom. The van der Waals surface area contributed by atoms with Gasteiger partial charge in [0.1, 0.15) is 6.04 Å². The Hall–Kier alpha value is -2.89. The van der Waals surface area contributed by atoms with Crippen molar-refractivity contribution in [3.05, 3.63) is 48.0 Å². The van der Waals surface area contributed by atoms with Crippen molar-refractivity contribution >= 4 is 28.5 Å². The van der Waals surface area contributed by atoms with Gasteiger partial charge in [0.05, 0.1) is 0 Å². The van der Waals surface area contributed by atoms with Gasteiger partial charge in [0.25, 0.3) is 0 Å². The van der Waals surface area contributed by atoms with E-state index in [1.807, 2.05) is 12.1 Å². The van der Waals surface area contributed by atoms with Crippen LogP contribution in [-0.2, 0) is 20.8 Å². The molecular formula is C24H29N3O3. The topological polar surface area (TPSA) is 87.3 Å². The van der Waals surface area contributed by atoms with Crippen LogP contribution in [0.2, 0.25) is 0 Å². The largest absolute Gasteiger partial charge is 0.354 e. The van der Waals surface area contributed by atoms with Crippen molar-refractivity contribution in [1.82, 2.24) is 16.0 Å². The fourth-order valence-electron chi connectivity index (χ4n) is 4.62. The van der Waals surface area contributed by atoms with Crippen LogP contribution in [0.25, 0.3) is 10.8 Å². The van der Waals surface area contributed by atoms with E-state index < -0.39 is 11.6 Å². The third-order valence-corrected chi connectivity index (χ3v) is 6.29. The van der Waals surface area contributed by atoms with Gasteiger partial charge in [-0.15, -0.1) is 0 Å². The molecule has 0 spiro atoms. The van der Waals surface area contributed by atoms with Gasteiger partial charge in [-0.25, -0.2) is 0 Å². The number of carbonyl (C=O) groups is 3. The molecule has 2 aromatic carbocycles. The number of carbonyl (C=O) groups excluding carboxylic acids is 3. The average Bonchev–Trinajstić information content (AvgIpc) is 2.99. The van der Waals surface area contributed by atoms with Crippen LogP contribution in [0.5, 0.6) is 0 Å². The summed E-state index contributed by atoms with van der Waals surface area (Å²) in [4.78, 5) is 36.7. The standard InChI is InChI=1S/C24H29N3O3/c28-21(26-20-7-3-4-14-25-23(20)30)10-12-24(13-11-22(29)27-24)16-17-8-9-18-5-1-2-6-19(18)15-17/h1-2,5-6,8-9,15,20H,3-4,7,10-14,16H2,(H,25,30)(H,26,28)(H,27,29)/t20-,24?/m0/s1. The second-order valence-electron chi connectivity index (χ2n) is 8.59. The first kappa shape index (κ1) is 20.4. The molecule has 0 bridgehead atoms. The van der Waals surface area contributed by atoms with Crippen LogP contribution in [-0.4, -0.2) is 35.8 Å². The van der Waals surface area contributed by atoms with Gasteiger partial charge in [0.15, 0.2) is 0 Å². The van der Waals surface area contributed by atoms with Crippen LogP contribution in [0.3, 0.4) is 0 Å². The van der Waals surface area contributed by atoms with Crippen LogP contribution >= 0.6 is 0 Å². The Morgan fingerprint density at radius 3 is 2.73 bits per heavy atom. The van der Waals surface area contributed by atoms with Gasteiger partial charge in [0.2, 0.25) is 17.7 Å².